The fraction of sp³-hybridized carbons (Fsp3) is 0.444. The molecule has 0 spiro atoms. The summed E-state index contributed by atoms with van der Waals surface area (Å²) in [5.74, 6) is -1.16. The number of aromatic nitrogens is 2. The molecule has 0 radical (unpaired) electrons. The second-order valence-electron chi connectivity index (χ2n) is 3.04. The molecular weight excluding hydrogens is 271 g/mol. The molecule has 0 amide bonds. The zero-order valence-electron chi connectivity index (χ0n) is 9.32. The first-order valence-electron chi connectivity index (χ1n) is 4.83. The second-order valence-corrected chi connectivity index (χ2v) is 4.04. The van der Waals surface area contributed by atoms with Crippen molar-refractivity contribution >= 4 is 23.7 Å². The number of nitrogen functional groups attached to an aromatic ring is 1. The van der Waals surface area contributed by atoms with Crippen molar-refractivity contribution in [3.05, 3.63) is 11.8 Å². The number of nitrogens with zero attached hydrogens (tertiary/aromatic N) is 2. The SMILES string of the molecule is CCOC(=O)CSc1cc(C(F)(F)F)nc(N)n1. The average Bonchev–Trinajstić information content (AvgIpc) is 2.25. The van der Waals surface area contributed by atoms with Crippen molar-refractivity contribution in [3.8, 4) is 0 Å². The van der Waals surface area contributed by atoms with E-state index in [2.05, 4.69) is 14.7 Å². The van der Waals surface area contributed by atoms with E-state index in [0.29, 0.717) is 0 Å². The Morgan fingerprint density at radius 2 is 2.17 bits per heavy atom. The number of anilines is 1. The van der Waals surface area contributed by atoms with Gasteiger partial charge in [-0.1, -0.05) is 11.8 Å². The van der Waals surface area contributed by atoms with E-state index in [1.807, 2.05) is 0 Å². The molecule has 0 saturated carbocycles. The molecule has 1 heterocycles. The van der Waals surface area contributed by atoms with Crippen LogP contribution < -0.4 is 5.73 Å². The van der Waals surface area contributed by atoms with E-state index in [0.717, 1.165) is 17.8 Å². The molecule has 0 saturated heterocycles. The Balaban J connectivity index is 2.78. The molecule has 1 aromatic rings. The van der Waals surface area contributed by atoms with Crippen LogP contribution in [0.4, 0.5) is 19.1 Å². The smallest absolute Gasteiger partial charge is 0.433 e. The molecule has 100 valence electrons. The highest BCUT2D eigenvalue weighted by Crippen LogP contribution is 2.30. The van der Waals surface area contributed by atoms with Crippen molar-refractivity contribution in [2.24, 2.45) is 0 Å². The van der Waals surface area contributed by atoms with E-state index in [1.165, 1.54) is 0 Å². The Morgan fingerprint density at radius 1 is 1.50 bits per heavy atom. The Morgan fingerprint density at radius 3 is 2.72 bits per heavy atom. The summed E-state index contributed by atoms with van der Waals surface area (Å²) in [5, 5.41) is -0.0251. The maximum atomic E-state index is 12.4. The van der Waals surface area contributed by atoms with Gasteiger partial charge >= 0.3 is 12.1 Å². The fourth-order valence-electron chi connectivity index (χ4n) is 0.997. The summed E-state index contributed by atoms with van der Waals surface area (Å²) in [6.07, 6.45) is -4.60. The van der Waals surface area contributed by atoms with Crippen LogP contribution in [0, 0.1) is 0 Å². The largest absolute Gasteiger partial charge is 0.465 e. The molecule has 1 rings (SSSR count). The number of halogens is 3. The van der Waals surface area contributed by atoms with Gasteiger partial charge in [-0.3, -0.25) is 4.79 Å². The number of thioether (sulfide) groups is 1. The third kappa shape index (κ3) is 4.40. The molecule has 0 aliphatic rings. The minimum Gasteiger partial charge on any atom is -0.465 e. The van der Waals surface area contributed by atoms with E-state index < -0.39 is 23.8 Å². The van der Waals surface area contributed by atoms with Gasteiger partial charge in [0.2, 0.25) is 5.95 Å². The molecule has 9 heteroatoms. The molecule has 5 nitrogen and oxygen atoms in total. The summed E-state index contributed by atoms with van der Waals surface area (Å²) in [6, 6.07) is 0.736. The first kappa shape index (κ1) is 14.6. The average molecular weight is 281 g/mol. The molecule has 18 heavy (non-hydrogen) atoms. The zero-order chi connectivity index (χ0) is 13.8. The molecule has 1 aromatic heterocycles. The molecule has 0 aliphatic carbocycles. The summed E-state index contributed by atoms with van der Waals surface area (Å²) < 4.78 is 41.9. The predicted octanol–water partition coefficient (Wildman–Crippen LogP) is 1.73. The first-order chi connectivity index (χ1) is 8.32. The van der Waals surface area contributed by atoms with Gasteiger partial charge in [0.05, 0.1) is 12.4 Å². The third-order valence-electron chi connectivity index (χ3n) is 1.65. The molecular formula is C9H10F3N3O2S. The van der Waals surface area contributed by atoms with Crippen molar-refractivity contribution in [1.82, 2.24) is 9.97 Å². The number of carbonyl (C=O) groups excluding carboxylic acids is 1. The van der Waals surface area contributed by atoms with Crippen LogP contribution in [0.15, 0.2) is 11.1 Å². The van der Waals surface area contributed by atoms with Crippen molar-refractivity contribution in [2.45, 2.75) is 18.1 Å². The topological polar surface area (TPSA) is 78.1 Å². The Bertz CT molecular complexity index is 440. The summed E-state index contributed by atoms with van der Waals surface area (Å²) in [5.41, 5.74) is 4.03. The van der Waals surface area contributed by atoms with Crippen LogP contribution in [0.3, 0.4) is 0 Å². The van der Waals surface area contributed by atoms with Crippen LogP contribution in [0.2, 0.25) is 0 Å². The lowest BCUT2D eigenvalue weighted by Crippen LogP contribution is -2.12. The van der Waals surface area contributed by atoms with Crippen molar-refractivity contribution in [2.75, 3.05) is 18.1 Å². The van der Waals surface area contributed by atoms with Crippen molar-refractivity contribution < 1.29 is 22.7 Å². The summed E-state index contributed by atoms with van der Waals surface area (Å²) in [4.78, 5) is 17.7. The number of hydrogen-bond acceptors (Lipinski definition) is 6. The quantitative estimate of drug-likeness (QED) is 0.514. The summed E-state index contributed by atoms with van der Waals surface area (Å²) in [6.45, 7) is 1.84. The van der Waals surface area contributed by atoms with Crippen LogP contribution in [0.25, 0.3) is 0 Å². The molecule has 0 aliphatic heterocycles. The van der Waals surface area contributed by atoms with Gasteiger partial charge in [0.15, 0.2) is 5.69 Å². The van der Waals surface area contributed by atoms with Crippen LogP contribution in [0.5, 0.6) is 0 Å². The molecule has 0 aromatic carbocycles. The monoisotopic (exact) mass is 281 g/mol. The molecule has 0 unspecified atom stereocenters. The standard InChI is InChI=1S/C9H10F3N3O2S/c1-2-17-7(16)4-18-6-3-5(9(10,11)12)14-8(13)15-6/h3H,2,4H2,1H3,(H2,13,14,15). The number of ether oxygens (including phenoxy) is 1. The van der Waals surface area contributed by atoms with Gasteiger partial charge in [0.25, 0.3) is 0 Å². The van der Waals surface area contributed by atoms with Gasteiger partial charge < -0.3 is 10.5 Å². The summed E-state index contributed by atoms with van der Waals surface area (Å²) >= 11 is 0.807. The van der Waals surface area contributed by atoms with Crippen LogP contribution in [0.1, 0.15) is 12.6 Å². The van der Waals surface area contributed by atoms with Gasteiger partial charge in [0, 0.05) is 6.07 Å². The van der Waals surface area contributed by atoms with E-state index >= 15 is 0 Å². The number of hydrogen-bond donors (Lipinski definition) is 1. The van der Waals surface area contributed by atoms with Crippen LogP contribution in [-0.2, 0) is 15.7 Å². The van der Waals surface area contributed by atoms with Gasteiger partial charge in [-0.2, -0.15) is 13.2 Å². The van der Waals surface area contributed by atoms with Gasteiger partial charge in [-0.05, 0) is 6.92 Å². The Kier molecular flexibility index (Phi) is 4.76. The zero-order valence-corrected chi connectivity index (χ0v) is 10.1. The molecule has 0 atom stereocenters. The molecule has 2 N–H and O–H groups in total. The second kappa shape index (κ2) is 5.89. The maximum Gasteiger partial charge on any atom is 0.433 e. The highest BCUT2D eigenvalue weighted by atomic mass is 32.2. The number of esters is 1. The molecule has 0 bridgehead atoms. The minimum atomic E-state index is -4.60. The highest BCUT2D eigenvalue weighted by molar-refractivity contribution is 7.99. The number of alkyl halides is 3. The minimum absolute atomic E-state index is 0.0251. The van der Waals surface area contributed by atoms with E-state index in [9.17, 15) is 18.0 Å². The number of carbonyl (C=O) groups is 1. The fourth-order valence-corrected chi connectivity index (χ4v) is 1.70. The number of nitrogens with two attached hydrogens (primary N) is 1. The van der Waals surface area contributed by atoms with Gasteiger partial charge in [0.1, 0.15) is 5.03 Å². The predicted molar refractivity (Wildman–Crippen MR) is 58.8 cm³/mol. The van der Waals surface area contributed by atoms with E-state index in [1.54, 1.807) is 6.92 Å². The summed E-state index contributed by atoms with van der Waals surface area (Å²) in [7, 11) is 0. The van der Waals surface area contributed by atoms with Crippen LogP contribution >= 0.6 is 11.8 Å². The first-order valence-corrected chi connectivity index (χ1v) is 5.81. The van der Waals surface area contributed by atoms with Gasteiger partial charge in [-0.15, -0.1) is 0 Å². The van der Waals surface area contributed by atoms with Gasteiger partial charge in [-0.25, -0.2) is 9.97 Å². The Labute approximate surface area is 105 Å². The van der Waals surface area contributed by atoms with Crippen molar-refractivity contribution in [1.29, 1.82) is 0 Å². The normalized spacial score (nSPS) is 11.3. The van der Waals surface area contributed by atoms with Crippen LogP contribution in [-0.4, -0.2) is 28.3 Å². The van der Waals surface area contributed by atoms with E-state index in [4.69, 9.17) is 5.73 Å². The third-order valence-corrected chi connectivity index (χ3v) is 2.54. The highest BCUT2D eigenvalue weighted by Gasteiger charge is 2.33. The molecule has 0 fully saturated rings. The lowest BCUT2D eigenvalue weighted by Gasteiger charge is -2.08. The lowest BCUT2D eigenvalue weighted by atomic mass is 10.4. The maximum absolute atomic E-state index is 12.4. The Hall–Kier alpha value is -1.51. The van der Waals surface area contributed by atoms with E-state index in [-0.39, 0.29) is 17.4 Å². The van der Waals surface area contributed by atoms with Crippen molar-refractivity contribution in [3.63, 3.8) is 0 Å². The lowest BCUT2D eigenvalue weighted by molar-refractivity contribution is -0.141. The number of rotatable bonds is 4.